The standard InChI is InChI=1S/C9H8N2O2S/c1-5-3-4-10-7-6(5)11-8(14-7)9(12)13-2/h3-4H,1-2H3. The maximum absolute atomic E-state index is 11.2. The lowest BCUT2D eigenvalue weighted by Gasteiger charge is -1.90. The van der Waals surface area contributed by atoms with Crippen molar-refractivity contribution in [1.29, 1.82) is 0 Å². The van der Waals surface area contributed by atoms with Crippen molar-refractivity contribution in [3.05, 3.63) is 22.8 Å². The Morgan fingerprint density at radius 3 is 3.00 bits per heavy atom. The molecule has 0 saturated carbocycles. The molecule has 0 bridgehead atoms. The average molecular weight is 208 g/mol. The number of rotatable bonds is 1. The molecule has 14 heavy (non-hydrogen) atoms. The van der Waals surface area contributed by atoms with E-state index < -0.39 is 5.97 Å². The van der Waals surface area contributed by atoms with Crippen LogP contribution in [-0.2, 0) is 4.74 Å². The summed E-state index contributed by atoms with van der Waals surface area (Å²) in [6, 6.07) is 1.86. The number of esters is 1. The van der Waals surface area contributed by atoms with E-state index in [1.165, 1.54) is 18.4 Å². The van der Waals surface area contributed by atoms with Crippen LogP contribution in [0.1, 0.15) is 15.4 Å². The van der Waals surface area contributed by atoms with Gasteiger partial charge in [-0.15, -0.1) is 0 Å². The summed E-state index contributed by atoms with van der Waals surface area (Å²) in [7, 11) is 1.34. The monoisotopic (exact) mass is 208 g/mol. The van der Waals surface area contributed by atoms with Gasteiger partial charge in [-0.3, -0.25) is 0 Å². The molecule has 0 aliphatic rings. The summed E-state index contributed by atoms with van der Waals surface area (Å²) in [6.45, 7) is 1.94. The van der Waals surface area contributed by atoms with Crippen molar-refractivity contribution in [1.82, 2.24) is 9.97 Å². The second-order valence-corrected chi connectivity index (χ2v) is 3.77. The van der Waals surface area contributed by atoms with Crippen molar-refractivity contribution in [3.63, 3.8) is 0 Å². The fourth-order valence-corrected chi connectivity index (χ4v) is 2.03. The quantitative estimate of drug-likeness (QED) is 0.670. The van der Waals surface area contributed by atoms with E-state index >= 15 is 0 Å². The molecular weight excluding hydrogens is 200 g/mol. The number of hydrogen-bond acceptors (Lipinski definition) is 5. The van der Waals surface area contributed by atoms with Crippen LogP contribution in [0.4, 0.5) is 0 Å². The predicted octanol–water partition coefficient (Wildman–Crippen LogP) is 1.79. The zero-order chi connectivity index (χ0) is 10.1. The third kappa shape index (κ3) is 1.35. The molecule has 0 amide bonds. The molecule has 2 aromatic rings. The van der Waals surface area contributed by atoms with E-state index in [2.05, 4.69) is 14.7 Å². The molecule has 0 aliphatic heterocycles. The summed E-state index contributed by atoms with van der Waals surface area (Å²) < 4.78 is 4.59. The van der Waals surface area contributed by atoms with Gasteiger partial charge in [-0.05, 0) is 18.6 Å². The van der Waals surface area contributed by atoms with E-state index in [1.807, 2.05) is 13.0 Å². The van der Waals surface area contributed by atoms with Gasteiger partial charge in [-0.25, -0.2) is 14.8 Å². The number of thiazole rings is 1. The third-order valence-corrected chi connectivity index (χ3v) is 2.80. The molecule has 2 aromatic heterocycles. The topological polar surface area (TPSA) is 52.1 Å². The van der Waals surface area contributed by atoms with E-state index in [-0.39, 0.29) is 0 Å². The molecule has 0 aliphatic carbocycles. The molecule has 72 valence electrons. The van der Waals surface area contributed by atoms with Crippen molar-refractivity contribution in [2.24, 2.45) is 0 Å². The molecule has 2 rings (SSSR count). The van der Waals surface area contributed by atoms with Crippen LogP contribution in [-0.4, -0.2) is 23.0 Å². The second kappa shape index (κ2) is 3.34. The number of carbonyl (C=O) groups excluding carboxylic acids is 1. The number of hydrogen-bond donors (Lipinski definition) is 0. The van der Waals surface area contributed by atoms with Gasteiger partial charge in [0.05, 0.1) is 7.11 Å². The first-order valence-electron chi connectivity index (χ1n) is 4.03. The summed E-state index contributed by atoms with van der Waals surface area (Å²) in [5.41, 5.74) is 1.79. The first-order valence-corrected chi connectivity index (χ1v) is 4.84. The molecular formula is C9H8N2O2S. The maximum Gasteiger partial charge on any atom is 0.367 e. The van der Waals surface area contributed by atoms with Crippen molar-refractivity contribution >= 4 is 27.7 Å². The summed E-state index contributed by atoms with van der Waals surface area (Å²) >= 11 is 1.25. The molecule has 0 saturated heterocycles. The van der Waals surface area contributed by atoms with Gasteiger partial charge >= 0.3 is 5.97 Å². The van der Waals surface area contributed by atoms with Gasteiger partial charge in [0, 0.05) is 6.20 Å². The minimum absolute atomic E-state index is 0.351. The van der Waals surface area contributed by atoms with Crippen LogP contribution in [0.15, 0.2) is 12.3 Å². The molecule has 0 spiro atoms. The van der Waals surface area contributed by atoms with Gasteiger partial charge in [-0.2, -0.15) is 0 Å². The molecule has 0 unspecified atom stereocenters. The van der Waals surface area contributed by atoms with Gasteiger partial charge in [0.25, 0.3) is 0 Å². The van der Waals surface area contributed by atoms with Gasteiger partial charge in [0.2, 0.25) is 5.01 Å². The Bertz CT molecular complexity index is 493. The number of nitrogens with zero attached hydrogens (tertiary/aromatic N) is 2. The number of aryl methyl sites for hydroxylation is 1. The predicted molar refractivity (Wildman–Crippen MR) is 53.5 cm³/mol. The molecule has 0 N–H and O–H groups in total. The van der Waals surface area contributed by atoms with Gasteiger partial charge in [0.15, 0.2) is 0 Å². The highest BCUT2D eigenvalue weighted by molar-refractivity contribution is 7.19. The van der Waals surface area contributed by atoms with Gasteiger partial charge < -0.3 is 4.74 Å². The highest BCUT2D eigenvalue weighted by Crippen LogP contribution is 2.22. The van der Waals surface area contributed by atoms with E-state index in [0.29, 0.717) is 5.01 Å². The summed E-state index contributed by atoms with van der Waals surface area (Å²) in [6.07, 6.45) is 1.71. The SMILES string of the molecule is COC(=O)c1nc2c(C)ccnc2s1. The molecule has 0 radical (unpaired) electrons. The van der Waals surface area contributed by atoms with Crippen LogP contribution in [0.3, 0.4) is 0 Å². The van der Waals surface area contributed by atoms with E-state index in [9.17, 15) is 4.79 Å². The van der Waals surface area contributed by atoms with Crippen LogP contribution in [0.25, 0.3) is 10.3 Å². The van der Waals surface area contributed by atoms with Crippen LogP contribution in [0.2, 0.25) is 0 Å². The molecule has 0 atom stereocenters. The minimum atomic E-state index is -0.410. The molecule has 5 heteroatoms. The molecule has 0 aromatic carbocycles. The number of ether oxygens (including phenoxy) is 1. The fourth-order valence-electron chi connectivity index (χ4n) is 1.13. The number of aromatic nitrogens is 2. The van der Waals surface area contributed by atoms with Crippen molar-refractivity contribution in [3.8, 4) is 0 Å². The van der Waals surface area contributed by atoms with E-state index in [0.717, 1.165) is 15.9 Å². The lowest BCUT2D eigenvalue weighted by molar-refractivity contribution is 0.0600. The lowest BCUT2D eigenvalue weighted by atomic mass is 10.3. The number of carbonyl (C=O) groups is 1. The number of methoxy groups -OCH3 is 1. The smallest absolute Gasteiger partial charge is 0.367 e. The van der Waals surface area contributed by atoms with Crippen LogP contribution >= 0.6 is 11.3 Å². The van der Waals surface area contributed by atoms with Crippen LogP contribution in [0, 0.1) is 6.92 Å². The van der Waals surface area contributed by atoms with Crippen molar-refractivity contribution in [2.75, 3.05) is 7.11 Å². The Morgan fingerprint density at radius 1 is 1.57 bits per heavy atom. The van der Waals surface area contributed by atoms with Gasteiger partial charge in [0.1, 0.15) is 10.3 Å². The molecule has 4 nitrogen and oxygen atoms in total. The summed E-state index contributed by atoms with van der Waals surface area (Å²) in [5.74, 6) is -0.410. The normalized spacial score (nSPS) is 10.4. The number of fused-ring (bicyclic) bond motifs is 1. The number of pyridine rings is 1. The first kappa shape index (κ1) is 9.08. The van der Waals surface area contributed by atoms with Gasteiger partial charge in [-0.1, -0.05) is 11.3 Å². The maximum atomic E-state index is 11.2. The lowest BCUT2D eigenvalue weighted by Crippen LogP contribution is -1.99. The highest BCUT2D eigenvalue weighted by atomic mass is 32.1. The summed E-state index contributed by atoms with van der Waals surface area (Å²) in [5, 5.41) is 0.351. The Morgan fingerprint density at radius 2 is 2.36 bits per heavy atom. The second-order valence-electron chi connectivity index (χ2n) is 2.79. The molecule has 2 heterocycles. The third-order valence-electron chi connectivity index (χ3n) is 1.86. The Hall–Kier alpha value is -1.49. The summed E-state index contributed by atoms with van der Waals surface area (Å²) in [4.78, 5) is 20.3. The van der Waals surface area contributed by atoms with Crippen LogP contribution in [0.5, 0.6) is 0 Å². The zero-order valence-electron chi connectivity index (χ0n) is 7.77. The highest BCUT2D eigenvalue weighted by Gasteiger charge is 2.13. The van der Waals surface area contributed by atoms with E-state index in [4.69, 9.17) is 0 Å². The minimum Gasteiger partial charge on any atom is -0.464 e. The van der Waals surface area contributed by atoms with Crippen molar-refractivity contribution in [2.45, 2.75) is 6.92 Å². The fraction of sp³-hybridized carbons (Fsp3) is 0.222. The van der Waals surface area contributed by atoms with Crippen molar-refractivity contribution < 1.29 is 9.53 Å². The first-order chi connectivity index (χ1) is 6.72. The molecule has 0 fully saturated rings. The van der Waals surface area contributed by atoms with E-state index in [1.54, 1.807) is 6.20 Å². The Balaban J connectivity index is 2.62. The average Bonchev–Trinajstić information content (AvgIpc) is 2.62. The zero-order valence-corrected chi connectivity index (χ0v) is 8.59. The Kier molecular flexibility index (Phi) is 2.17. The largest absolute Gasteiger partial charge is 0.464 e. The van der Waals surface area contributed by atoms with Crippen LogP contribution < -0.4 is 0 Å². The Labute approximate surface area is 84.6 Å².